The second kappa shape index (κ2) is 5.07. The standard InChI is InChI=1S/C13H12N6O4/c1-2-13(4-20)8(21)6(3-14)11(23-13)19-5-16-7-9(19)17-12(15)18-10(7)22/h1,5-6,8,11,20-21H,4H2,(H3,15,17,18,22)/t6-,8-,11+,13?/m0/s1. The molecule has 118 valence electrons. The van der Waals surface area contributed by atoms with Gasteiger partial charge in [-0.2, -0.15) is 15.2 Å². The van der Waals surface area contributed by atoms with Crippen molar-refractivity contribution in [3.05, 3.63) is 6.33 Å². The molecule has 1 fully saturated rings. The first-order chi connectivity index (χ1) is 11.0. The van der Waals surface area contributed by atoms with Crippen LogP contribution in [0.25, 0.3) is 11.2 Å². The Kier molecular flexibility index (Phi) is 3.30. The van der Waals surface area contributed by atoms with Crippen LogP contribution in [0, 0.1) is 29.6 Å². The zero-order valence-corrected chi connectivity index (χ0v) is 11.7. The maximum atomic E-state index is 10.3. The Bertz CT molecular complexity index is 852. The number of hydrogen-bond acceptors (Lipinski definition) is 9. The van der Waals surface area contributed by atoms with Crippen molar-refractivity contribution in [2.24, 2.45) is 5.92 Å². The first-order valence-electron chi connectivity index (χ1n) is 6.50. The van der Waals surface area contributed by atoms with Gasteiger partial charge in [-0.25, -0.2) is 4.98 Å². The molecule has 10 heteroatoms. The van der Waals surface area contributed by atoms with Crippen LogP contribution in [0.1, 0.15) is 6.23 Å². The molecule has 2 aromatic heterocycles. The highest BCUT2D eigenvalue weighted by Crippen LogP contribution is 2.42. The van der Waals surface area contributed by atoms with E-state index < -0.39 is 36.3 Å². The molecule has 0 saturated carbocycles. The number of nitrogens with zero attached hydrogens (tertiary/aromatic N) is 5. The largest absolute Gasteiger partial charge is 0.492 e. The minimum absolute atomic E-state index is 0.0520. The summed E-state index contributed by atoms with van der Waals surface area (Å²) in [7, 11) is 0. The second-order valence-corrected chi connectivity index (χ2v) is 5.03. The van der Waals surface area contributed by atoms with Crippen molar-refractivity contribution in [3.63, 3.8) is 0 Å². The molecule has 0 aliphatic carbocycles. The van der Waals surface area contributed by atoms with E-state index in [1.54, 1.807) is 0 Å². The first-order valence-corrected chi connectivity index (χ1v) is 6.50. The fraction of sp³-hybridized carbons (Fsp3) is 0.385. The van der Waals surface area contributed by atoms with Gasteiger partial charge >= 0.3 is 0 Å². The maximum Gasteiger partial charge on any atom is 0.244 e. The van der Waals surface area contributed by atoms with Gasteiger partial charge in [0, 0.05) is 0 Å². The molecule has 1 aliphatic heterocycles. The molecule has 1 saturated heterocycles. The monoisotopic (exact) mass is 316 g/mol. The Morgan fingerprint density at radius 3 is 2.87 bits per heavy atom. The van der Waals surface area contributed by atoms with Gasteiger partial charge in [0.1, 0.15) is 12.0 Å². The Labute approximate surface area is 129 Å². The Morgan fingerprint density at radius 2 is 2.26 bits per heavy atom. The van der Waals surface area contributed by atoms with E-state index in [2.05, 4.69) is 20.9 Å². The van der Waals surface area contributed by atoms with Crippen LogP contribution in [-0.4, -0.2) is 53.2 Å². The molecule has 4 atom stereocenters. The summed E-state index contributed by atoms with van der Waals surface area (Å²) >= 11 is 0. The smallest absolute Gasteiger partial charge is 0.244 e. The number of terminal acetylenes is 1. The van der Waals surface area contributed by atoms with Crippen LogP contribution >= 0.6 is 0 Å². The molecule has 5 N–H and O–H groups in total. The number of aliphatic hydroxyl groups is 2. The van der Waals surface area contributed by atoms with E-state index >= 15 is 0 Å². The van der Waals surface area contributed by atoms with Gasteiger partial charge in [-0.15, -0.1) is 6.42 Å². The third kappa shape index (κ3) is 1.98. The number of anilines is 1. The molecule has 0 spiro atoms. The van der Waals surface area contributed by atoms with Crippen LogP contribution in [0.2, 0.25) is 0 Å². The van der Waals surface area contributed by atoms with Crippen LogP contribution < -0.4 is 5.73 Å². The van der Waals surface area contributed by atoms with Crippen molar-refractivity contribution in [2.45, 2.75) is 17.9 Å². The van der Waals surface area contributed by atoms with E-state index in [9.17, 15) is 20.6 Å². The summed E-state index contributed by atoms with van der Waals surface area (Å²) in [4.78, 5) is 11.5. The van der Waals surface area contributed by atoms with Gasteiger partial charge in [0.05, 0.1) is 19.0 Å². The Balaban J connectivity index is 2.16. The topological polar surface area (TPSA) is 163 Å². The molecule has 0 radical (unpaired) electrons. The van der Waals surface area contributed by atoms with Gasteiger partial charge in [-0.1, -0.05) is 5.92 Å². The SMILES string of the molecule is C#CC1(CO)O[C@@H](n2cnc3c(O)nc(N)nc32)[C@@H](C#N)[C@@H]1O. The van der Waals surface area contributed by atoms with Crippen LogP contribution in [0.3, 0.4) is 0 Å². The lowest BCUT2D eigenvalue weighted by atomic mass is 9.91. The van der Waals surface area contributed by atoms with Crippen molar-refractivity contribution < 1.29 is 20.1 Å². The minimum Gasteiger partial charge on any atom is -0.492 e. The van der Waals surface area contributed by atoms with E-state index in [1.807, 2.05) is 6.07 Å². The lowest BCUT2D eigenvalue weighted by Gasteiger charge is -2.23. The summed E-state index contributed by atoms with van der Waals surface area (Å²) in [5, 5.41) is 38.8. The number of imidazole rings is 1. The van der Waals surface area contributed by atoms with Gasteiger partial charge in [0.25, 0.3) is 0 Å². The van der Waals surface area contributed by atoms with Gasteiger partial charge in [0.2, 0.25) is 11.8 Å². The maximum absolute atomic E-state index is 10.3. The summed E-state index contributed by atoms with van der Waals surface area (Å²) in [5.41, 5.74) is 3.94. The molecular weight excluding hydrogens is 304 g/mol. The molecule has 23 heavy (non-hydrogen) atoms. The highest BCUT2D eigenvalue weighted by atomic mass is 16.6. The van der Waals surface area contributed by atoms with Crippen molar-refractivity contribution in [3.8, 4) is 24.3 Å². The van der Waals surface area contributed by atoms with Crippen molar-refractivity contribution in [1.29, 1.82) is 5.26 Å². The van der Waals surface area contributed by atoms with Crippen molar-refractivity contribution >= 4 is 17.1 Å². The van der Waals surface area contributed by atoms with Crippen LogP contribution in [0.4, 0.5) is 5.95 Å². The highest BCUT2D eigenvalue weighted by molar-refractivity contribution is 5.77. The quantitative estimate of drug-likeness (QED) is 0.483. The van der Waals surface area contributed by atoms with Crippen molar-refractivity contribution in [2.75, 3.05) is 12.3 Å². The number of nitriles is 1. The zero-order valence-electron chi connectivity index (χ0n) is 11.7. The molecule has 3 rings (SSSR count). The lowest BCUT2D eigenvalue weighted by molar-refractivity contribution is -0.0894. The minimum atomic E-state index is -1.72. The molecular formula is C13H12N6O4. The predicted octanol–water partition coefficient (Wildman–Crippen LogP) is -1.49. The summed E-state index contributed by atoms with van der Waals surface area (Å²) < 4.78 is 6.88. The fourth-order valence-electron chi connectivity index (χ4n) is 2.57. The predicted molar refractivity (Wildman–Crippen MR) is 75.3 cm³/mol. The average molecular weight is 316 g/mol. The normalized spacial score (nSPS) is 30.2. The van der Waals surface area contributed by atoms with Gasteiger partial charge < -0.3 is 25.8 Å². The highest BCUT2D eigenvalue weighted by Gasteiger charge is 2.55. The summed E-state index contributed by atoms with van der Waals surface area (Å²) in [6.07, 6.45) is 4.11. The van der Waals surface area contributed by atoms with E-state index in [1.165, 1.54) is 10.9 Å². The van der Waals surface area contributed by atoms with Gasteiger partial charge in [0.15, 0.2) is 23.0 Å². The number of ether oxygens (including phenoxy) is 1. The molecule has 10 nitrogen and oxygen atoms in total. The fourth-order valence-corrected chi connectivity index (χ4v) is 2.57. The third-order valence-corrected chi connectivity index (χ3v) is 3.78. The Hall–Kier alpha value is -2.92. The van der Waals surface area contributed by atoms with Crippen LogP contribution in [-0.2, 0) is 4.74 Å². The number of nitrogen functional groups attached to an aromatic ring is 1. The number of aromatic hydroxyl groups is 1. The van der Waals surface area contributed by atoms with Crippen molar-refractivity contribution in [1.82, 2.24) is 19.5 Å². The van der Waals surface area contributed by atoms with E-state index in [-0.39, 0.29) is 17.1 Å². The molecule has 1 aliphatic rings. The Morgan fingerprint density at radius 1 is 1.52 bits per heavy atom. The van der Waals surface area contributed by atoms with E-state index in [0.717, 1.165) is 0 Å². The molecule has 1 unspecified atom stereocenters. The number of aromatic nitrogens is 4. The van der Waals surface area contributed by atoms with E-state index in [0.29, 0.717) is 0 Å². The number of fused-ring (bicyclic) bond motifs is 1. The summed E-state index contributed by atoms with van der Waals surface area (Å²) in [5.74, 6) is 0.474. The van der Waals surface area contributed by atoms with Crippen LogP contribution in [0.5, 0.6) is 5.88 Å². The first kappa shape index (κ1) is 15.0. The number of hydrogen-bond donors (Lipinski definition) is 4. The molecule has 2 aromatic rings. The van der Waals surface area contributed by atoms with Crippen LogP contribution in [0.15, 0.2) is 6.33 Å². The zero-order chi connectivity index (χ0) is 16.8. The van der Waals surface area contributed by atoms with Gasteiger partial charge in [-0.05, 0) is 0 Å². The molecule has 3 heterocycles. The molecule has 0 amide bonds. The number of aliphatic hydroxyl groups excluding tert-OH is 2. The van der Waals surface area contributed by atoms with E-state index in [4.69, 9.17) is 16.9 Å². The second-order valence-electron chi connectivity index (χ2n) is 5.03. The summed E-state index contributed by atoms with van der Waals surface area (Å²) in [6, 6.07) is 1.90. The number of nitrogens with two attached hydrogens (primary N) is 1. The average Bonchev–Trinajstić information content (AvgIpc) is 3.06. The summed E-state index contributed by atoms with van der Waals surface area (Å²) in [6.45, 7) is -0.672. The number of rotatable bonds is 2. The molecule has 0 aromatic carbocycles. The third-order valence-electron chi connectivity index (χ3n) is 3.78. The van der Waals surface area contributed by atoms with Gasteiger partial charge in [-0.3, -0.25) is 4.57 Å². The lowest BCUT2D eigenvalue weighted by Crippen LogP contribution is -2.43. The molecule has 0 bridgehead atoms.